The Labute approximate surface area is 59.1 Å². The van der Waals surface area contributed by atoms with Gasteiger partial charge in [-0.2, -0.15) is 0 Å². The smallest absolute Gasteiger partial charge is 0.0787 e. The number of hydrogen-bond donors (Lipinski definition) is 0. The van der Waals surface area contributed by atoms with Crippen molar-refractivity contribution in [3.63, 3.8) is 0 Å². The van der Waals surface area contributed by atoms with E-state index < -0.39 is 0 Å². The molecule has 0 bridgehead atoms. The van der Waals surface area contributed by atoms with E-state index in [0.717, 1.165) is 5.69 Å². The largest absolute Gasteiger partial charge is 0.263 e. The number of nitrogens with zero attached hydrogens (tertiary/aromatic N) is 1. The molecule has 1 aromatic heterocycles. The zero-order valence-corrected chi connectivity index (χ0v) is 6.46. The molecule has 9 heavy (non-hydrogen) atoms. The van der Waals surface area contributed by atoms with E-state index in [0.29, 0.717) is 0 Å². The van der Waals surface area contributed by atoms with Crippen molar-refractivity contribution in [3.05, 3.63) is 15.8 Å². The van der Waals surface area contributed by atoms with Crippen molar-refractivity contribution in [3.8, 4) is 0 Å². The Hall–Kier alpha value is -0.630. The van der Waals surface area contributed by atoms with Crippen LogP contribution in [-0.4, -0.2) is 6.72 Å². The molecular weight excluding hydrogens is 130 g/mol. The molecule has 0 aliphatic carbocycles. The van der Waals surface area contributed by atoms with Gasteiger partial charge in [0, 0.05) is 4.88 Å². The molecule has 0 amide bonds. The van der Waals surface area contributed by atoms with Crippen LogP contribution in [0.2, 0.25) is 0 Å². The summed E-state index contributed by atoms with van der Waals surface area (Å²) in [6.07, 6.45) is 0. The summed E-state index contributed by atoms with van der Waals surface area (Å²) >= 11 is 1.72. The highest BCUT2D eigenvalue weighted by Gasteiger charge is 1.99. The first-order valence-corrected chi connectivity index (χ1v) is 3.65. The first-order chi connectivity index (χ1) is 4.25. The summed E-state index contributed by atoms with van der Waals surface area (Å²) in [4.78, 5) is 5.14. The maximum absolute atomic E-state index is 3.89. The number of aryl methyl sites for hydroxylation is 2. The van der Waals surface area contributed by atoms with Gasteiger partial charge in [0.15, 0.2) is 0 Å². The van der Waals surface area contributed by atoms with Crippen LogP contribution in [0.5, 0.6) is 0 Å². The fourth-order valence-electron chi connectivity index (χ4n) is 0.802. The zero-order valence-electron chi connectivity index (χ0n) is 5.64. The molecule has 0 aromatic carbocycles. The Morgan fingerprint density at radius 1 is 1.56 bits per heavy atom. The quantitative estimate of drug-likeness (QED) is 0.530. The monoisotopic (exact) mass is 139 g/mol. The molecule has 0 fully saturated rings. The molecule has 0 spiro atoms. The van der Waals surface area contributed by atoms with Crippen molar-refractivity contribution < 1.29 is 0 Å². The van der Waals surface area contributed by atoms with Gasteiger partial charge in [-0.1, -0.05) is 0 Å². The maximum atomic E-state index is 3.89. The molecular formula is C7H9NS. The second kappa shape index (κ2) is 2.31. The van der Waals surface area contributed by atoms with E-state index in [1.165, 1.54) is 10.4 Å². The minimum Gasteiger partial charge on any atom is -0.263 e. The van der Waals surface area contributed by atoms with E-state index in [1.54, 1.807) is 11.3 Å². The third kappa shape index (κ3) is 1.03. The predicted molar refractivity (Wildman–Crippen MR) is 43.0 cm³/mol. The summed E-state index contributed by atoms with van der Waals surface area (Å²) in [6, 6.07) is 0. The lowest BCUT2D eigenvalue weighted by molar-refractivity contribution is 1.43. The number of rotatable bonds is 1. The molecule has 0 unspecified atom stereocenters. The summed E-state index contributed by atoms with van der Waals surface area (Å²) in [5.74, 6) is 0. The summed E-state index contributed by atoms with van der Waals surface area (Å²) in [6.45, 7) is 7.59. The lowest BCUT2D eigenvalue weighted by atomic mass is 10.3. The Bertz CT molecular complexity index is 205. The molecule has 1 heterocycles. The van der Waals surface area contributed by atoms with E-state index in [1.807, 2.05) is 6.92 Å². The third-order valence-electron chi connectivity index (χ3n) is 1.28. The van der Waals surface area contributed by atoms with Gasteiger partial charge in [-0.05, 0) is 31.5 Å². The molecule has 0 atom stereocenters. The second-order valence-corrected chi connectivity index (χ2v) is 3.07. The first-order valence-electron chi connectivity index (χ1n) is 2.77. The van der Waals surface area contributed by atoms with Gasteiger partial charge in [0.1, 0.15) is 0 Å². The molecule has 1 rings (SSSR count). The summed E-state index contributed by atoms with van der Waals surface area (Å²) < 4.78 is 0. The van der Waals surface area contributed by atoms with Crippen LogP contribution >= 0.6 is 11.3 Å². The second-order valence-electron chi connectivity index (χ2n) is 1.98. The molecule has 0 radical (unpaired) electrons. The molecule has 0 N–H and O–H groups in total. The number of aliphatic imine (C=N–C) groups is 1. The molecule has 1 aromatic rings. The van der Waals surface area contributed by atoms with Gasteiger partial charge in [-0.15, -0.1) is 11.3 Å². The highest BCUT2D eigenvalue weighted by Crippen LogP contribution is 2.28. The van der Waals surface area contributed by atoms with Gasteiger partial charge in [-0.3, -0.25) is 4.99 Å². The van der Waals surface area contributed by atoms with E-state index in [4.69, 9.17) is 0 Å². The number of thiophene rings is 1. The topological polar surface area (TPSA) is 12.4 Å². The van der Waals surface area contributed by atoms with Gasteiger partial charge in [-0.25, -0.2) is 0 Å². The van der Waals surface area contributed by atoms with Crippen molar-refractivity contribution >= 4 is 23.7 Å². The molecule has 1 nitrogen and oxygen atoms in total. The zero-order chi connectivity index (χ0) is 6.85. The minimum atomic E-state index is 1.06. The van der Waals surface area contributed by atoms with E-state index in [9.17, 15) is 0 Å². The van der Waals surface area contributed by atoms with Crippen LogP contribution in [-0.2, 0) is 0 Å². The summed E-state index contributed by atoms with van der Waals surface area (Å²) in [5, 5.41) is 2.10. The molecule has 48 valence electrons. The van der Waals surface area contributed by atoms with Crippen molar-refractivity contribution in [2.45, 2.75) is 13.8 Å². The minimum absolute atomic E-state index is 1.06. The van der Waals surface area contributed by atoms with Gasteiger partial charge >= 0.3 is 0 Å². The van der Waals surface area contributed by atoms with Crippen LogP contribution in [0.25, 0.3) is 0 Å². The van der Waals surface area contributed by atoms with Crippen LogP contribution in [0, 0.1) is 13.8 Å². The predicted octanol–water partition coefficient (Wildman–Crippen LogP) is 2.70. The van der Waals surface area contributed by atoms with Crippen molar-refractivity contribution in [1.82, 2.24) is 0 Å². The van der Waals surface area contributed by atoms with E-state index >= 15 is 0 Å². The SMILES string of the molecule is C=Nc1c(C)csc1C. The van der Waals surface area contributed by atoms with Crippen molar-refractivity contribution in [2.24, 2.45) is 4.99 Å². The fraction of sp³-hybridized carbons (Fsp3) is 0.286. The molecule has 0 aliphatic heterocycles. The number of hydrogen-bond acceptors (Lipinski definition) is 2. The Morgan fingerprint density at radius 2 is 2.22 bits per heavy atom. The Morgan fingerprint density at radius 3 is 2.44 bits per heavy atom. The third-order valence-corrected chi connectivity index (χ3v) is 2.30. The van der Waals surface area contributed by atoms with Gasteiger partial charge < -0.3 is 0 Å². The molecule has 0 saturated carbocycles. The van der Waals surface area contributed by atoms with E-state index in [-0.39, 0.29) is 0 Å². The van der Waals surface area contributed by atoms with E-state index in [2.05, 4.69) is 24.0 Å². The van der Waals surface area contributed by atoms with Crippen LogP contribution in [0.1, 0.15) is 10.4 Å². The lowest BCUT2D eigenvalue weighted by Crippen LogP contribution is -1.63. The Kier molecular flexibility index (Phi) is 1.67. The summed E-state index contributed by atoms with van der Waals surface area (Å²) in [5.41, 5.74) is 2.28. The molecule has 0 saturated heterocycles. The van der Waals surface area contributed by atoms with Crippen molar-refractivity contribution in [1.29, 1.82) is 0 Å². The average molecular weight is 139 g/mol. The normalized spacial score (nSPS) is 9.56. The highest BCUT2D eigenvalue weighted by atomic mass is 32.1. The van der Waals surface area contributed by atoms with Crippen LogP contribution < -0.4 is 0 Å². The highest BCUT2D eigenvalue weighted by molar-refractivity contribution is 7.10. The fourth-order valence-corrected chi connectivity index (χ4v) is 1.60. The maximum Gasteiger partial charge on any atom is 0.0787 e. The molecule has 0 aliphatic rings. The van der Waals surface area contributed by atoms with Gasteiger partial charge in [0.25, 0.3) is 0 Å². The summed E-state index contributed by atoms with van der Waals surface area (Å²) in [7, 11) is 0. The molecule has 2 heteroatoms. The lowest BCUT2D eigenvalue weighted by Gasteiger charge is -1.88. The standard InChI is InChI=1S/C7H9NS/c1-5-4-9-6(2)7(5)8-3/h4H,3H2,1-2H3. The van der Waals surface area contributed by atoms with Gasteiger partial charge in [0.05, 0.1) is 5.69 Å². The van der Waals surface area contributed by atoms with Gasteiger partial charge in [0.2, 0.25) is 0 Å². The van der Waals surface area contributed by atoms with Crippen LogP contribution in [0.4, 0.5) is 5.69 Å². The van der Waals surface area contributed by atoms with Crippen LogP contribution in [0.15, 0.2) is 10.4 Å². The average Bonchev–Trinajstić information content (AvgIpc) is 2.12. The first kappa shape index (κ1) is 6.49. The van der Waals surface area contributed by atoms with Crippen molar-refractivity contribution in [2.75, 3.05) is 0 Å². The Balaban J connectivity index is 3.22. The van der Waals surface area contributed by atoms with Crippen LogP contribution in [0.3, 0.4) is 0 Å².